The molecule has 0 saturated carbocycles. The van der Waals surface area contributed by atoms with Gasteiger partial charge in [-0.25, -0.2) is 9.48 Å². The maximum atomic E-state index is 11.1. The SMILES string of the molecule is COC(=O)c1cn(CCOCC(C)C)nn1. The lowest BCUT2D eigenvalue weighted by Gasteiger charge is -2.05. The largest absolute Gasteiger partial charge is 0.464 e. The van der Waals surface area contributed by atoms with E-state index >= 15 is 0 Å². The van der Waals surface area contributed by atoms with Crippen molar-refractivity contribution in [3.8, 4) is 0 Å². The van der Waals surface area contributed by atoms with Gasteiger partial charge in [0.2, 0.25) is 0 Å². The Bertz CT molecular complexity index is 336. The van der Waals surface area contributed by atoms with Gasteiger partial charge >= 0.3 is 5.97 Å². The summed E-state index contributed by atoms with van der Waals surface area (Å²) >= 11 is 0. The molecule has 6 nitrogen and oxygen atoms in total. The van der Waals surface area contributed by atoms with Crippen molar-refractivity contribution in [2.75, 3.05) is 20.3 Å². The van der Waals surface area contributed by atoms with Crippen LogP contribution in [0, 0.1) is 5.92 Å². The number of aromatic nitrogens is 3. The van der Waals surface area contributed by atoms with Gasteiger partial charge in [-0.2, -0.15) is 0 Å². The van der Waals surface area contributed by atoms with E-state index in [1.165, 1.54) is 7.11 Å². The lowest BCUT2D eigenvalue weighted by atomic mass is 10.2. The summed E-state index contributed by atoms with van der Waals surface area (Å²) in [5.74, 6) is 0.0377. The first kappa shape index (κ1) is 12.6. The standard InChI is InChI=1S/C10H17N3O3/c1-8(2)7-16-5-4-13-6-9(11-12-13)10(14)15-3/h6,8H,4-5,7H2,1-3H3. The molecule has 0 bridgehead atoms. The molecule has 0 fully saturated rings. The van der Waals surface area contributed by atoms with Crippen molar-refractivity contribution in [3.63, 3.8) is 0 Å². The molecule has 0 amide bonds. The first-order valence-electron chi connectivity index (χ1n) is 5.19. The zero-order valence-corrected chi connectivity index (χ0v) is 9.84. The molecule has 90 valence electrons. The molecular weight excluding hydrogens is 210 g/mol. The van der Waals surface area contributed by atoms with Gasteiger partial charge in [-0.15, -0.1) is 5.10 Å². The number of rotatable bonds is 6. The number of methoxy groups -OCH3 is 1. The summed E-state index contributed by atoms with van der Waals surface area (Å²) in [5.41, 5.74) is 0.214. The topological polar surface area (TPSA) is 66.2 Å². The van der Waals surface area contributed by atoms with Crippen molar-refractivity contribution in [2.24, 2.45) is 5.92 Å². The molecule has 0 aliphatic rings. The fraction of sp³-hybridized carbons (Fsp3) is 0.700. The summed E-state index contributed by atoms with van der Waals surface area (Å²) in [6.07, 6.45) is 1.55. The van der Waals surface area contributed by atoms with Crippen LogP contribution in [0.2, 0.25) is 0 Å². The Morgan fingerprint density at radius 1 is 1.56 bits per heavy atom. The number of hydrogen-bond donors (Lipinski definition) is 0. The molecule has 0 saturated heterocycles. The van der Waals surface area contributed by atoms with Crippen molar-refractivity contribution in [3.05, 3.63) is 11.9 Å². The summed E-state index contributed by atoms with van der Waals surface area (Å²) in [6, 6.07) is 0. The number of nitrogens with zero attached hydrogens (tertiary/aromatic N) is 3. The Balaban J connectivity index is 2.32. The van der Waals surface area contributed by atoms with Crippen LogP contribution in [0.5, 0.6) is 0 Å². The van der Waals surface area contributed by atoms with Gasteiger partial charge in [0.05, 0.1) is 26.5 Å². The molecule has 16 heavy (non-hydrogen) atoms. The fourth-order valence-corrected chi connectivity index (χ4v) is 1.08. The highest BCUT2D eigenvalue weighted by Gasteiger charge is 2.09. The number of carbonyl (C=O) groups is 1. The highest BCUT2D eigenvalue weighted by molar-refractivity contribution is 5.86. The number of carbonyl (C=O) groups excluding carboxylic acids is 1. The van der Waals surface area contributed by atoms with E-state index in [4.69, 9.17) is 4.74 Å². The highest BCUT2D eigenvalue weighted by Crippen LogP contribution is 1.96. The molecule has 0 aliphatic heterocycles. The molecule has 0 atom stereocenters. The molecule has 0 unspecified atom stereocenters. The predicted molar refractivity (Wildman–Crippen MR) is 57.0 cm³/mol. The molecule has 1 rings (SSSR count). The van der Waals surface area contributed by atoms with Crippen LogP contribution in [-0.2, 0) is 16.0 Å². The van der Waals surface area contributed by atoms with E-state index in [1.807, 2.05) is 0 Å². The van der Waals surface area contributed by atoms with Crippen LogP contribution in [0.3, 0.4) is 0 Å². The summed E-state index contributed by atoms with van der Waals surface area (Å²) in [7, 11) is 1.31. The summed E-state index contributed by atoms with van der Waals surface area (Å²) in [6.45, 7) is 6.03. The third kappa shape index (κ3) is 3.98. The van der Waals surface area contributed by atoms with Crippen molar-refractivity contribution >= 4 is 5.97 Å². The normalized spacial score (nSPS) is 10.8. The predicted octanol–water partition coefficient (Wildman–Crippen LogP) is 0.737. The minimum Gasteiger partial charge on any atom is -0.464 e. The summed E-state index contributed by atoms with van der Waals surface area (Å²) in [5, 5.41) is 7.47. The van der Waals surface area contributed by atoms with Crippen LogP contribution in [0.1, 0.15) is 24.3 Å². The van der Waals surface area contributed by atoms with Gasteiger partial charge in [0, 0.05) is 6.61 Å². The van der Waals surface area contributed by atoms with Crippen molar-refractivity contribution < 1.29 is 14.3 Å². The Hall–Kier alpha value is -1.43. The minimum atomic E-state index is -0.477. The Kier molecular flexibility index (Phi) is 4.91. The number of hydrogen-bond acceptors (Lipinski definition) is 5. The fourth-order valence-electron chi connectivity index (χ4n) is 1.08. The monoisotopic (exact) mass is 227 g/mol. The molecule has 0 N–H and O–H groups in total. The maximum absolute atomic E-state index is 11.1. The lowest BCUT2D eigenvalue weighted by Crippen LogP contribution is -2.10. The quantitative estimate of drug-likeness (QED) is 0.529. The molecule has 6 heteroatoms. The van der Waals surface area contributed by atoms with E-state index in [1.54, 1.807) is 10.9 Å². The smallest absolute Gasteiger partial charge is 0.360 e. The highest BCUT2D eigenvalue weighted by atomic mass is 16.5. The maximum Gasteiger partial charge on any atom is 0.360 e. The first-order valence-corrected chi connectivity index (χ1v) is 5.19. The molecule has 0 aromatic carbocycles. The average molecular weight is 227 g/mol. The second-order valence-electron chi connectivity index (χ2n) is 3.83. The van der Waals surface area contributed by atoms with Crippen LogP contribution in [-0.4, -0.2) is 41.3 Å². The van der Waals surface area contributed by atoms with Gasteiger partial charge in [-0.05, 0) is 5.92 Å². The Morgan fingerprint density at radius 3 is 2.94 bits per heavy atom. The van der Waals surface area contributed by atoms with Crippen molar-refractivity contribution in [1.82, 2.24) is 15.0 Å². The number of esters is 1. The second kappa shape index (κ2) is 6.22. The molecule has 0 aliphatic carbocycles. The molecule has 1 aromatic rings. The second-order valence-corrected chi connectivity index (χ2v) is 3.83. The third-order valence-electron chi connectivity index (χ3n) is 1.85. The molecule has 1 aromatic heterocycles. The van der Waals surface area contributed by atoms with Gasteiger partial charge in [-0.3, -0.25) is 0 Å². The number of ether oxygens (including phenoxy) is 2. The van der Waals surface area contributed by atoms with Gasteiger partial charge in [0.1, 0.15) is 0 Å². The van der Waals surface area contributed by atoms with Gasteiger partial charge in [-0.1, -0.05) is 19.1 Å². The third-order valence-corrected chi connectivity index (χ3v) is 1.85. The van der Waals surface area contributed by atoms with E-state index in [0.29, 0.717) is 19.1 Å². The zero-order valence-electron chi connectivity index (χ0n) is 9.84. The van der Waals surface area contributed by atoms with E-state index in [0.717, 1.165) is 6.61 Å². The Labute approximate surface area is 94.5 Å². The molecular formula is C10H17N3O3. The average Bonchev–Trinajstić information content (AvgIpc) is 2.71. The van der Waals surface area contributed by atoms with Crippen LogP contribution in [0.4, 0.5) is 0 Å². The van der Waals surface area contributed by atoms with Gasteiger partial charge in [0.15, 0.2) is 5.69 Å². The minimum absolute atomic E-state index is 0.214. The lowest BCUT2D eigenvalue weighted by molar-refractivity contribution is 0.0593. The van der Waals surface area contributed by atoms with E-state index < -0.39 is 5.97 Å². The van der Waals surface area contributed by atoms with Crippen LogP contribution >= 0.6 is 0 Å². The molecule has 0 radical (unpaired) electrons. The van der Waals surface area contributed by atoms with Gasteiger partial charge in [0.25, 0.3) is 0 Å². The zero-order chi connectivity index (χ0) is 12.0. The Morgan fingerprint density at radius 2 is 2.31 bits per heavy atom. The summed E-state index contributed by atoms with van der Waals surface area (Å²) < 4.78 is 11.5. The molecule has 1 heterocycles. The van der Waals surface area contributed by atoms with Crippen LogP contribution in [0.25, 0.3) is 0 Å². The van der Waals surface area contributed by atoms with Crippen LogP contribution < -0.4 is 0 Å². The van der Waals surface area contributed by atoms with E-state index in [2.05, 4.69) is 28.9 Å². The first-order chi connectivity index (χ1) is 7.63. The van der Waals surface area contributed by atoms with Crippen molar-refractivity contribution in [2.45, 2.75) is 20.4 Å². The van der Waals surface area contributed by atoms with E-state index in [9.17, 15) is 4.79 Å². The van der Waals surface area contributed by atoms with Crippen LogP contribution in [0.15, 0.2) is 6.20 Å². The molecule has 0 spiro atoms. The van der Waals surface area contributed by atoms with Gasteiger partial charge < -0.3 is 9.47 Å². The summed E-state index contributed by atoms with van der Waals surface area (Å²) in [4.78, 5) is 11.1. The van der Waals surface area contributed by atoms with Crippen molar-refractivity contribution in [1.29, 1.82) is 0 Å². The van der Waals surface area contributed by atoms with E-state index in [-0.39, 0.29) is 5.69 Å².